The van der Waals surface area contributed by atoms with Gasteiger partial charge in [0.2, 0.25) is 0 Å². The first-order chi connectivity index (χ1) is 11.1. The quantitative estimate of drug-likeness (QED) is 0.887. The van der Waals surface area contributed by atoms with Gasteiger partial charge >= 0.3 is 6.09 Å². The SMILES string of the molecule is COc1cc(C)c(CNC(=O)OCc2ccccc2)cc1OC. The van der Waals surface area contributed by atoms with Crippen molar-refractivity contribution in [1.82, 2.24) is 5.32 Å². The first-order valence-electron chi connectivity index (χ1n) is 7.30. The summed E-state index contributed by atoms with van der Waals surface area (Å²) in [5.41, 5.74) is 2.90. The number of carbonyl (C=O) groups excluding carboxylic acids is 1. The van der Waals surface area contributed by atoms with Crippen LogP contribution in [0.15, 0.2) is 42.5 Å². The fraction of sp³-hybridized carbons (Fsp3) is 0.278. The summed E-state index contributed by atoms with van der Waals surface area (Å²) in [7, 11) is 3.18. The van der Waals surface area contributed by atoms with E-state index in [2.05, 4.69) is 5.32 Å². The standard InChI is InChI=1S/C18H21NO4/c1-13-9-16(21-2)17(22-3)10-15(13)11-19-18(20)23-12-14-7-5-4-6-8-14/h4-10H,11-12H2,1-3H3,(H,19,20). The highest BCUT2D eigenvalue weighted by Gasteiger charge is 2.10. The van der Waals surface area contributed by atoms with Crippen LogP contribution in [-0.2, 0) is 17.9 Å². The molecule has 5 heteroatoms. The van der Waals surface area contributed by atoms with Crippen molar-refractivity contribution in [2.75, 3.05) is 14.2 Å². The van der Waals surface area contributed by atoms with E-state index in [0.29, 0.717) is 18.0 Å². The molecule has 0 saturated heterocycles. The zero-order valence-corrected chi connectivity index (χ0v) is 13.6. The maximum atomic E-state index is 11.8. The normalized spacial score (nSPS) is 10.0. The van der Waals surface area contributed by atoms with E-state index in [4.69, 9.17) is 14.2 Å². The summed E-state index contributed by atoms with van der Waals surface area (Å²) < 4.78 is 15.7. The number of methoxy groups -OCH3 is 2. The van der Waals surface area contributed by atoms with Crippen molar-refractivity contribution in [3.63, 3.8) is 0 Å². The van der Waals surface area contributed by atoms with E-state index in [1.165, 1.54) is 0 Å². The van der Waals surface area contributed by atoms with Crippen molar-refractivity contribution >= 4 is 6.09 Å². The van der Waals surface area contributed by atoms with E-state index >= 15 is 0 Å². The van der Waals surface area contributed by atoms with Crippen LogP contribution >= 0.6 is 0 Å². The largest absolute Gasteiger partial charge is 0.493 e. The highest BCUT2D eigenvalue weighted by Crippen LogP contribution is 2.30. The summed E-state index contributed by atoms with van der Waals surface area (Å²) >= 11 is 0. The minimum atomic E-state index is -0.456. The second kappa shape index (κ2) is 8.08. The monoisotopic (exact) mass is 315 g/mol. The molecule has 2 aromatic carbocycles. The molecule has 0 unspecified atom stereocenters. The number of hydrogen-bond acceptors (Lipinski definition) is 4. The van der Waals surface area contributed by atoms with Crippen molar-refractivity contribution in [1.29, 1.82) is 0 Å². The van der Waals surface area contributed by atoms with Gasteiger partial charge in [-0.2, -0.15) is 0 Å². The van der Waals surface area contributed by atoms with E-state index < -0.39 is 6.09 Å². The molecule has 2 rings (SSSR count). The van der Waals surface area contributed by atoms with Gasteiger partial charge < -0.3 is 19.5 Å². The molecule has 1 amide bonds. The van der Waals surface area contributed by atoms with Crippen molar-refractivity contribution in [2.45, 2.75) is 20.1 Å². The van der Waals surface area contributed by atoms with Gasteiger partial charge in [-0.3, -0.25) is 0 Å². The minimum absolute atomic E-state index is 0.248. The molecule has 0 aliphatic carbocycles. The Morgan fingerprint density at radius 2 is 1.70 bits per heavy atom. The number of nitrogens with one attached hydrogen (secondary N) is 1. The van der Waals surface area contributed by atoms with Gasteiger partial charge in [0.1, 0.15) is 6.61 Å². The Labute approximate surface area is 136 Å². The molecule has 2 aromatic rings. The van der Waals surface area contributed by atoms with Crippen molar-refractivity contribution in [2.24, 2.45) is 0 Å². The Hall–Kier alpha value is -2.69. The van der Waals surface area contributed by atoms with Crippen molar-refractivity contribution in [3.8, 4) is 11.5 Å². The predicted molar refractivity (Wildman–Crippen MR) is 87.7 cm³/mol. The van der Waals surface area contributed by atoms with E-state index in [-0.39, 0.29) is 6.61 Å². The summed E-state index contributed by atoms with van der Waals surface area (Å²) in [4.78, 5) is 11.8. The van der Waals surface area contributed by atoms with Gasteiger partial charge in [0.15, 0.2) is 11.5 Å². The second-order valence-electron chi connectivity index (χ2n) is 5.05. The van der Waals surface area contributed by atoms with Crippen LogP contribution in [0.3, 0.4) is 0 Å². The van der Waals surface area contributed by atoms with E-state index in [9.17, 15) is 4.79 Å². The summed E-state index contributed by atoms with van der Waals surface area (Å²) in [6.07, 6.45) is -0.456. The molecule has 0 aliphatic rings. The summed E-state index contributed by atoms with van der Waals surface area (Å²) in [6, 6.07) is 13.3. The maximum absolute atomic E-state index is 11.8. The summed E-state index contributed by atoms with van der Waals surface area (Å²) in [6.45, 7) is 2.56. The lowest BCUT2D eigenvalue weighted by molar-refractivity contribution is 0.139. The van der Waals surface area contributed by atoms with Crippen LogP contribution in [-0.4, -0.2) is 20.3 Å². The highest BCUT2D eigenvalue weighted by atomic mass is 16.5. The molecule has 0 spiro atoms. The highest BCUT2D eigenvalue weighted by molar-refractivity contribution is 5.67. The van der Waals surface area contributed by atoms with Crippen LogP contribution in [0.5, 0.6) is 11.5 Å². The number of aryl methyl sites for hydroxylation is 1. The Balaban J connectivity index is 1.91. The predicted octanol–water partition coefficient (Wildman–Crippen LogP) is 3.44. The number of benzene rings is 2. The minimum Gasteiger partial charge on any atom is -0.493 e. The molecule has 1 N–H and O–H groups in total. The van der Waals surface area contributed by atoms with Crippen LogP contribution in [0.2, 0.25) is 0 Å². The van der Waals surface area contributed by atoms with Gasteiger partial charge in [0, 0.05) is 6.54 Å². The second-order valence-corrected chi connectivity index (χ2v) is 5.05. The van der Waals surface area contributed by atoms with Gasteiger partial charge in [-0.05, 0) is 35.7 Å². The molecular weight excluding hydrogens is 294 g/mol. The lowest BCUT2D eigenvalue weighted by atomic mass is 10.1. The number of amides is 1. The third-order valence-corrected chi connectivity index (χ3v) is 3.48. The maximum Gasteiger partial charge on any atom is 0.407 e. The molecular formula is C18H21NO4. The Morgan fingerprint density at radius 3 is 2.35 bits per heavy atom. The molecule has 0 atom stereocenters. The van der Waals surface area contributed by atoms with Gasteiger partial charge in [-0.1, -0.05) is 30.3 Å². The van der Waals surface area contributed by atoms with Crippen LogP contribution in [0, 0.1) is 6.92 Å². The van der Waals surface area contributed by atoms with E-state index in [0.717, 1.165) is 16.7 Å². The third-order valence-electron chi connectivity index (χ3n) is 3.48. The van der Waals surface area contributed by atoms with Crippen LogP contribution in [0.1, 0.15) is 16.7 Å². The molecule has 5 nitrogen and oxygen atoms in total. The molecule has 0 fully saturated rings. The molecule has 0 bridgehead atoms. The lowest BCUT2D eigenvalue weighted by Gasteiger charge is -2.13. The van der Waals surface area contributed by atoms with E-state index in [1.807, 2.05) is 49.4 Å². The Kier molecular flexibility index (Phi) is 5.86. The molecule has 23 heavy (non-hydrogen) atoms. The van der Waals surface area contributed by atoms with Crippen LogP contribution < -0.4 is 14.8 Å². The average Bonchev–Trinajstić information content (AvgIpc) is 2.59. The first-order valence-corrected chi connectivity index (χ1v) is 7.30. The van der Waals surface area contributed by atoms with Gasteiger partial charge in [0.05, 0.1) is 14.2 Å². The number of hydrogen-bond donors (Lipinski definition) is 1. The Bertz CT molecular complexity index is 656. The van der Waals surface area contributed by atoms with E-state index in [1.54, 1.807) is 14.2 Å². The van der Waals surface area contributed by atoms with Gasteiger partial charge in [-0.25, -0.2) is 4.79 Å². The number of alkyl carbamates (subject to hydrolysis) is 1. The zero-order chi connectivity index (χ0) is 16.7. The van der Waals surface area contributed by atoms with Crippen LogP contribution in [0.4, 0.5) is 4.79 Å². The summed E-state index contributed by atoms with van der Waals surface area (Å²) in [5.74, 6) is 1.30. The molecule has 122 valence electrons. The fourth-order valence-corrected chi connectivity index (χ4v) is 2.15. The number of rotatable bonds is 6. The van der Waals surface area contributed by atoms with Crippen molar-refractivity contribution in [3.05, 3.63) is 59.2 Å². The topological polar surface area (TPSA) is 56.8 Å². The third kappa shape index (κ3) is 4.64. The smallest absolute Gasteiger partial charge is 0.407 e. The average molecular weight is 315 g/mol. The zero-order valence-electron chi connectivity index (χ0n) is 13.6. The molecule has 0 saturated carbocycles. The summed E-state index contributed by atoms with van der Waals surface area (Å²) in [5, 5.41) is 2.74. The Morgan fingerprint density at radius 1 is 1.04 bits per heavy atom. The molecule has 0 radical (unpaired) electrons. The van der Waals surface area contributed by atoms with Crippen molar-refractivity contribution < 1.29 is 19.0 Å². The molecule has 0 heterocycles. The molecule has 0 aromatic heterocycles. The van der Waals surface area contributed by atoms with Gasteiger partial charge in [-0.15, -0.1) is 0 Å². The number of carbonyl (C=O) groups is 1. The molecule has 0 aliphatic heterocycles. The van der Waals surface area contributed by atoms with Gasteiger partial charge in [0.25, 0.3) is 0 Å². The first kappa shape index (κ1) is 16.7. The van der Waals surface area contributed by atoms with Crippen LogP contribution in [0.25, 0.3) is 0 Å². The number of ether oxygens (including phenoxy) is 3. The lowest BCUT2D eigenvalue weighted by Crippen LogP contribution is -2.24. The fourth-order valence-electron chi connectivity index (χ4n) is 2.15.